The summed E-state index contributed by atoms with van der Waals surface area (Å²) < 4.78 is 1.62. The van der Waals surface area contributed by atoms with Crippen LogP contribution in [0.25, 0.3) is 16.8 Å². The zero-order valence-corrected chi connectivity index (χ0v) is 16.8. The van der Waals surface area contributed by atoms with Crippen LogP contribution in [0.3, 0.4) is 0 Å². The van der Waals surface area contributed by atoms with Gasteiger partial charge in [-0.15, -0.1) is 0 Å². The number of aromatic nitrogens is 2. The molecule has 0 bridgehead atoms. The minimum absolute atomic E-state index is 0.215. The van der Waals surface area contributed by atoms with Gasteiger partial charge in [-0.2, -0.15) is 5.10 Å². The van der Waals surface area contributed by atoms with Crippen molar-refractivity contribution in [2.45, 2.75) is 13.8 Å². The van der Waals surface area contributed by atoms with E-state index in [1.54, 1.807) is 35.9 Å². The monoisotopic (exact) mass is 395 g/mol. The van der Waals surface area contributed by atoms with E-state index < -0.39 is 0 Å². The third-order valence-corrected chi connectivity index (χ3v) is 4.86. The van der Waals surface area contributed by atoms with Gasteiger partial charge in [0.05, 0.1) is 11.3 Å². The van der Waals surface area contributed by atoms with Crippen molar-refractivity contribution < 1.29 is 4.79 Å². The number of carbonyl (C=O) groups excluding carboxylic acids is 1. The first kappa shape index (κ1) is 19.3. The Morgan fingerprint density at radius 1 is 0.833 bits per heavy atom. The Labute approximate surface area is 174 Å². The molecule has 4 rings (SSSR count). The summed E-state index contributed by atoms with van der Waals surface area (Å²) in [5, 5.41) is 7.43. The van der Waals surface area contributed by atoms with Gasteiger partial charge < -0.3 is 5.32 Å². The van der Waals surface area contributed by atoms with Crippen LogP contribution < -0.4 is 10.7 Å². The van der Waals surface area contributed by atoms with Crippen molar-refractivity contribution in [1.82, 2.24) is 9.78 Å². The van der Waals surface area contributed by atoms with E-state index in [2.05, 4.69) is 10.4 Å². The topological polar surface area (TPSA) is 64.0 Å². The Kier molecular flexibility index (Phi) is 5.26. The van der Waals surface area contributed by atoms with Crippen molar-refractivity contribution in [2.24, 2.45) is 0 Å². The number of hydrogen-bond acceptors (Lipinski definition) is 3. The van der Waals surface area contributed by atoms with Gasteiger partial charge >= 0.3 is 0 Å². The fourth-order valence-electron chi connectivity index (χ4n) is 3.27. The van der Waals surface area contributed by atoms with E-state index in [9.17, 15) is 9.59 Å². The summed E-state index contributed by atoms with van der Waals surface area (Å²) >= 11 is 0. The van der Waals surface area contributed by atoms with Crippen LogP contribution in [0.15, 0.2) is 89.7 Å². The normalized spacial score (nSPS) is 10.6. The number of amides is 1. The molecule has 1 amide bonds. The molecule has 0 saturated heterocycles. The second-order valence-electron chi connectivity index (χ2n) is 7.07. The van der Waals surface area contributed by atoms with Gasteiger partial charge in [-0.3, -0.25) is 9.59 Å². The van der Waals surface area contributed by atoms with Crippen LogP contribution in [0.5, 0.6) is 0 Å². The van der Waals surface area contributed by atoms with Gasteiger partial charge in [0.2, 0.25) is 5.43 Å². The van der Waals surface area contributed by atoms with Gasteiger partial charge in [-0.25, -0.2) is 4.68 Å². The summed E-state index contributed by atoms with van der Waals surface area (Å²) in [4.78, 5) is 26.1. The molecule has 0 spiro atoms. The number of nitrogens with one attached hydrogen (secondary N) is 1. The third kappa shape index (κ3) is 3.78. The first-order valence-electron chi connectivity index (χ1n) is 9.67. The van der Waals surface area contributed by atoms with E-state index in [1.165, 1.54) is 0 Å². The second-order valence-corrected chi connectivity index (χ2v) is 7.07. The molecule has 1 heterocycles. The Hall–Kier alpha value is -3.99. The Morgan fingerprint density at radius 3 is 2.07 bits per heavy atom. The number of carbonyl (C=O) groups is 1. The number of anilines is 1. The largest absolute Gasteiger partial charge is 0.306 e. The molecule has 148 valence electrons. The molecule has 30 heavy (non-hydrogen) atoms. The van der Waals surface area contributed by atoms with Crippen molar-refractivity contribution in [3.05, 3.63) is 112 Å². The van der Waals surface area contributed by atoms with E-state index >= 15 is 0 Å². The quantitative estimate of drug-likeness (QED) is 0.541. The van der Waals surface area contributed by atoms with E-state index in [1.807, 2.05) is 67.6 Å². The number of aryl methyl sites for hydroxylation is 2. The highest BCUT2D eigenvalue weighted by atomic mass is 16.2. The molecule has 0 radical (unpaired) electrons. The standard InChI is InChI=1S/C25H21N3O2/c1-17-13-15-21(16-14-17)28-24(26-25(30)20-11-7-4-8-12-20)22(23(29)18(2)27-28)19-9-5-3-6-10-19/h3-16H,1-2H3,(H,26,30). The molecule has 0 aliphatic carbocycles. The summed E-state index contributed by atoms with van der Waals surface area (Å²) in [6.07, 6.45) is 0. The van der Waals surface area contributed by atoms with E-state index in [0.717, 1.165) is 16.8 Å². The lowest BCUT2D eigenvalue weighted by Gasteiger charge is -2.18. The fraction of sp³-hybridized carbons (Fsp3) is 0.0800. The molecule has 4 aromatic rings. The highest BCUT2D eigenvalue weighted by Crippen LogP contribution is 2.27. The van der Waals surface area contributed by atoms with E-state index in [0.29, 0.717) is 22.6 Å². The smallest absolute Gasteiger partial charge is 0.256 e. The molecule has 1 aromatic heterocycles. The number of benzene rings is 3. The van der Waals surface area contributed by atoms with Crippen molar-refractivity contribution in [1.29, 1.82) is 0 Å². The lowest BCUT2D eigenvalue weighted by Crippen LogP contribution is -2.24. The van der Waals surface area contributed by atoms with Crippen LogP contribution >= 0.6 is 0 Å². The van der Waals surface area contributed by atoms with Crippen LogP contribution in [-0.2, 0) is 0 Å². The molecule has 3 aromatic carbocycles. The van der Waals surface area contributed by atoms with Gasteiger partial charge in [0.25, 0.3) is 5.91 Å². The predicted octanol–water partition coefficient (Wildman–Crippen LogP) is 4.77. The van der Waals surface area contributed by atoms with Gasteiger partial charge in [-0.05, 0) is 43.7 Å². The molecular formula is C25H21N3O2. The van der Waals surface area contributed by atoms with Crippen LogP contribution in [0.4, 0.5) is 5.82 Å². The second kappa shape index (κ2) is 8.17. The minimum Gasteiger partial charge on any atom is -0.306 e. The molecule has 0 unspecified atom stereocenters. The van der Waals surface area contributed by atoms with Crippen LogP contribution in [0.1, 0.15) is 21.6 Å². The maximum Gasteiger partial charge on any atom is 0.256 e. The molecule has 1 N–H and O–H groups in total. The van der Waals surface area contributed by atoms with Gasteiger partial charge in [0.1, 0.15) is 11.5 Å². The van der Waals surface area contributed by atoms with Crippen molar-refractivity contribution in [2.75, 3.05) is 5.32 Å². The predicted molar refractivity (Wildman–Crippen MR) is 119 cm³/mol. The van der Waals surface area contributed by atoms with Gasteiger partial charge in [0, 0.05) is 5.56 Å². The van der Waals surface area contributed by atoms with E-state index in [4.69, 9.17) is 0 Å². The molecule has 5 heteroatoms. The molecular weight excluding hydrogens is 374 g/mol. The first-order valence-corrected chi connectivity index (χ1v) is 9.67. The number of hydrogen-bond donors (Lipinski definition) is 1. The summed E-state index contributed by atoms with van der Waals surface area (Å²) in [5.41, 5.74) is 3.63. The zero-order chi connectivity index (χ0) is 21.1. The molecule has 0 aliphatic rings. The molecule has 0 atom stereocenters. The maximum atomic E-state index is 13.1. The summed E-state index contributed by atoms with van der Waals surface area (Å²) in [7, 11) is 0. The van der Waals surface area contributed by atoms with Crippen LogP contribution in [0.2, 0.25) is 0 Å². The number of rotatable bonds is 4. The van der Waals surface area contributed by atoms with Gasteiger partial charge in [-0.1, -0.05) is 66.2 Å². The summed E-state index contributed by atoms with van der Waals surface area (Å²) in [6.45, 7) is 3.68. The highest BCUT2D eigenvalue weighted by molar-refractivity contribution is 6.05. The summed E-state index contributed by atoms with van der Waals surface area (Å²) in [6, 6.07) is 26.0. The highest BCUT2D eigenvalue weighted by Gasteiger charge is 2.20. The fourth-order valence-corrected chi connectivity index (χ4v) is 3.27. The zero-order valence-electron chi connectivity index (χ0n) is 16.8. The first-order chi connectivity index (χ1) is 14.5. The Balaban J connectivity index is 1.96. The lowest BCUT2D eigenvalue weighted by molar-refractivity contribution is 0.102. The minimum atomic E-state index is -0.307. The van der Waals surface area contributed by atoms with Crippen molar-refractivity contribution in [3.63, 3.8) is 0 Å². The molecule has 5 nitrogen and oxygen atoms in total. The van der Waals surface area contributed by atoms with Crippen molar-refractivity contribution in [3.8, 4) is 16.8 Å². The summed E-state index contributed by atoms with van der Waals surface area (Å²) in [5.74, 6) is 0.0354. The average molecular weight is 395 g/mol. The average Bonchev–Trinajstić information content (AvgIpc) is 2.78. The molecule has 0 aliphatic heterocycles. The molecule has 0 fully saturated rings. The molecule has 0 saturated carbocycles. The van der Waals surface area contributed by atoms with E-state index in [-0.39, 0.29) is 11.3 Å². The number of nitrogens with zero attached hydrogens (tertiary/aromatic N) is 2. The SMILES string of the molecule is Cc1ccc(-n2nc(C)c(=O)c(-c3ccccc3)c2NC(=O)c2ccccc2)cc1. The Bertz CT molecular complexity index is 1250. The van der Waals surface area contributed by atoms with Crippen LogP contribution in [-0.4, -0.2) is 15.7 Å². The third-order valence-electron chi connectivity index (χ3n) is 4.86. The van der Waals surface area contributed by atoms with Crippen molar-refractivity contribution >= 4 is 11.7 Å². The Morgan fingerprint density at radius 2 is 1.43 bits per heavy atom. The lowest BCUT2D eigenvalue weighted by atomic mass is 10.0. The van der Waals surface area contributed by atoms with Gasteiger partial charge in [0.15, 0.2) is 0 Å². The van der Waals surface area contributed by atoms with Crippen LogP contribution in [0, 0.1) is 13.8 Å². The maximum absolute atomic E-state index is 13.1.